The smallest absolute Gasteiger partial charge is 0.267 e. The number of amides is 1. The molecule has 1 aliphatic heterocycles. The minimum absolute atomic E-state index is 0.0104. The van der Waals surface area contributed by atoms with Crippen LogP contribution in [0.3, 0.4) is 0 Å². The highest BCUT2D eigenvalue weighted by Crippen LogP contribution is 2.38. The van der Waals surface area contributed by atoms with E-state index in [-0.39, 0.29) is 24.1 Å². The van der Waals surface area contributed by atoms with Crippen molar-refractivity contribution in [2.45, 2.75) is 51.5 Å². The van der Waals surface area contributed by atoms with E-state index in [1.54, 1.807) is 10.7 Å². The van der Waals surface area contributed by atoms with Gasteiger partial charge in [0, 0.05) is 25.1 Å². The van der Waals surface area contributed by atoms with Gasteiger partial charge in [0.05, 0.1) is 11.7 Å². The molecule has 0 spiro atoms. The van der Waals surface area contributed by atoms with Gasteiger partial charge < -0.3 is 9.64 Å². The van der Waals surface area contributed by atoms with Crippen molar-refractivity contribution < 1.29 is 9.53 Å². The predicted molar refractivity (Wildman–Crippen MR) is 107 cm³/mol. The van der Waals surface area contributed by atoms with E-state index in [1.165, 1.54) is 18.4 Å². The van der Waals surface area contributed by atoms with Gasteiger partial charge in [0.15, 0.2) is 6.61 Å². The molecule has 2 fully saturated rings. The summed E-state index contributed by atoms with van der Waals surface area (Å²) in [6.45, 7) is 5.38. The van der Waals surface area contributed by atoms with Crippen LogP contribution in [0.1, 0.15) is 54.5 Å². The molecule has 1 amide bonds. The van der Waals surface area contributed by atoms with Crippen LogP contribution in [0.25, 0.3) is 0 Å². The third-order valence-corrected chi connectivity index (χ3v) is 5.85. The van der Waals surface area contributed by atoms with Gasteiger partial charge in [-0.2, -0.15) is 5.10 Å². The van der Waals surface area contributed by atoms with Crippen molar-refractivity contribution in [2.75, 3.05) is 19.7 Å². The molecule has 6 heteroatoms. The number of nitrogens with zero attached hydrogens (tertiary/aromatic N) is 3. The van der Waals surface area contributed by atoms with Crippen LogP contribution in [-0.4, -0.2) is 40.3 Å². The van der Waals surface area contributed by atoms with Crippen molar-refractivity contribution >= 4 is 5.91 Å². The van der Waals surface area contributed by atoms with Gasteiger partial charge in [-0.3, -0.25) is 9.59 Å². The van der Waals surface area contributed by atoms with E-state index in [0.29, 0.717) is 19.0 Å². The van der Waals surface area contributed by atoms with Crippen LogP contribution in [0, 0.1) is 13.8 Å². The van der Waals surface area contributed by atoms with E-state index in [9.17, 15) is 9.59 Å². The minimum Gasteiger partial charge on any atom is -0.484 e. The van der Waals surface area contributed by atoms with Gasteiger partial charge in [-0.1, -0.05) is 6.07 Å². The summed E-state index contributed by atoms with van der Waals surface area (Å²) in [5.74, 6) is 1.23. The number of carbonyl (C=O) groups excluding carboxylic acids is 1. The van der Waals surface area contributed by atoms with Gasteiger partial charge in [-0.25, -0.2) is 4.68 Å². The van der Waals surface area contributed by atoms with Crippen molar-refractivity contribution in [1.82, 2.24) is 14.7 Å². The van der Waals surface area contributed by atoms with Gasteiger partial charge in [-0.05, 0) is 68.9 Å². The van der Waals surface area contributed by atoms with Crippen LogP contribution in [0.5, 0.6) is 5.75 Å². The Kier molecular flexibility index (Phi) is 5.20. The number of piperidine rings is 1. The second kappa shape index (κ2) is 7.78. The lowest BCUT2D eigenvalue weighted by Crippen LogP contribution is -2.43. The summed E-state index contributed by atoms with van der Waals surface area (Å²) in [7, 11) is 0. The van der Waals surface area contributed by atoms with Crippen LogP contribution >= 0.6 is 0 Å². The number of hydrogen-bond acceptors (Lipinski definition) is 4. The van der Waals surface area contributed by atoms with Gasteiger partial charge >= 0.3 is 0 Å². The molecule has 0 bridgehead atoms. The second-order valence-electron chi connectivity index (χ2n) is 7.96. The number of benzene rings is 1. The normalized spacial score (nSPS) is 17.6. The fourth-order valence-electron chi connectivity index (χ4n) is 3.70. The van der Waals surface area contributed by atoms with E-state index >= 15 is 0 Å². The fourth-order valence-corrected chi connectivity index (χ4v) is 3.70. The molecule has 1 aliphatic carbocycles. The summed E-state index contributed by atoms with van der Waals surface area (Å²) < 4.78 is 7.32. The first-order chi connectivity index (χ1) is 13.5. The molecule has 6 nitrogen and oxygen atoms in total. The van der Waals surface area contributed by atoms with E-state index in [0.717, 1.165) is 29.8 Å². The van der Waals surface area contributed by atoms with Crippen LogP contribution in [0.4, 0.5) is 0 Å². The summed E-state index contributed by atoms with van der Waals surface area (Å²) in [5.41, 5.74) is 3.33. The molecule has 0 radical (unpaired) electrons. The Hall–Kier alpha value is -2.63. The molecule has 28 heavy (non-hydrogen) atoms. The third kappa shape index (κ3) is 4.11. The third-order valence-electron chi connectivity index (χ3n) is 5.85. The number of carbonyl (C=O) groups is 1. The molecule has 2 aromatic rings. The Balaban J connectivity index is 1.32. The molecule has 1 aromatic heterocycles. The fraction of sp³-hybridized carbons (Fsp3) is 0.500. The Morgan fingerprint density at radius 2 is 1.82 bits per heavy atom. The molecule has 0 atom stereocenters. The number of aryl methyl sites for hydroxylation is 2. The number of aromatic nitrogens is 2. The quantitative estimate of drug-likeness (QED) is 0.799. The van der Waals surface area contributed by atoms with Crippen LogP contribution < -0.4 is 10.3 Å². The maximum absolute atomic E-state index is 12.5. The highest BCUT2D eigenvalue weighted by atomic mass is 16.5. The largest absolute Gasteiger partial charge is 0.484 e. The van der Waals surface area contributed by atoms with Crippen molar-refractivity contribution in [3.8, 4) is 5.75 Å². The Labute approximate surface area is 165 Å². The first kappa shape index (κ1) is 18.7. The summed E-state index contributed by atoms with van der Waals surface area (Å²) in [5, 5.41) is 4.60. The molecule has 1 saturated carbocycles. The zero-order valence-electron chi connectivity index (χ0n) is 16.6. The Morgan fingerprint density at radius 3 is 2.50 bits per heavy atom. The lowest BCUT2D eigenvalue weighted by atomic mass is 10.1. The molecule has 2 heterocycles. The average Bonchev–Trinajstić information content (AvgIpc) is 3.54. The molecule has 2 aliphatic rings. The monoisotopic (exact) mass is 381 g/mol. The highest BCUT2D eigenvalue weighted by Gasteiger charge is 2.28. The van der Waals surface area contributed by atoms with Crippen LogP contribution in [0.15, 0.2) is 35.1 Å². The standard InChI is InChI=1S/C22H27N3O3/c1-15-3-6-19(13-16(15)2)28-14-22(27)24-11-9-18(10-12-24)25-21(26)8-7-20(23-25)17-4-5-17/h3,6-8,13,17-18H,4-5,9-12,14H2,1-2H3. The van der Waals surface area contributed by atoms with E-state index in [4.69, 9.17) is 4.74 Å². The first-order valence-corrected chi connectivity index (χ1v) is 10.1. The van der Waals surface area contributed by atoms with Gasteiger partial charge in [-0.15, -0.1) is 0 Å². The number of ether oxygens (including phenoxy) is 1. The lowest BCUT2D eigenvalue weighted by Gasteiger charge is -2.32. The molecule has 0 unspecified atom stereocenters. The van der Waals surface area contributed by atoms with Crippen molar-refractivity contribution in [1.29, 1.82) is 0 Å². The maximum Gasteiger partial charge on any atom is 0.267 e. The molecule has 1 aromatic carbocycles. The topological polar surface area (TPSA) is 64.4 Å². The Morgan fingerprint density at radius 1 is 1.07 bits per heavy atom. The van der Waals surface area contributed by atoms with Crippen LogP contribution in [-0.2, 0) is 4.79 Å². The second-order valence-corrected chi connectivity index (χ2v) is 7.96. The molecule has 1 saturated heterocycles. The van der Waals surface area contributed by atoms with Crippen LogP contribution in [0.2, 0.25) is 0 Å². The summed E-state index contributed by atoms with van der Waals surface area (Å²) in [6.07, 6.45) is 3.82. The molecule has 148 valence electrons. The zero-order valence-corrected chi connectivity index (χ0v) is 16.6. The molecular weight excluding hydrogens is 354 g/mol. The van der Waals surface area contributed by atoms with E-state index in [2.05, 4.69) is 12.0 Å². The van der Waals surface area contributed by atoms with Gasteiger partial charge in [0.2, 0.25) is 0 Å². The van der Waals surface area contributed by atoms with Crippen molar-refractivity contribution in [3.05, 3.63) is 57.5 Å². The molecular formula is C22H27N3O3. The zero-order chi connectivity index (χ0) is 19.7. The van der Waals surface area contributed by atoms with Crippen molar-refractivity contribution in [3.63, 3.8) is 0 Å². The van der Waals surface area contributed by atoms with E-state index < -0.39 is 0 Å². The average molecular weight is 381 g/mol. The Bertz CT molecular complexity index is 925. The summed E-state index contributed by atoms with van der Waals surface area (Å²) in [6, 6.07) is 9.42. The summed E-state index contributed by atoms with van der Waals surface area (Å²) in [4.78, 5) is 26.6. The minimum atomic E-state index is -0.0488. The van der Waals surface area contributed by atoms with Gasteiger partial charge in [0.25, 0.3) is 11.5 Å². The summed E-state index contributed by atoms with van der Waals surface area (Å²) >= 11 is 0. The maximum atomic E-state index is 12.5. The lowest BCUT2D eigenvalue weighted by molar-refractivity contribution is -0.134. The number of hydrogen-bond donors (Lipinski definition) is 0. The molecule has 4 rings (SSSR count). The van der Waals surface area contributed by atoms with Crippen molar-refractivity contribution in [2.24, 2.45) is 0 Å². The molecule has 0 N–H and O–H groups in total. The highest BCUT2D eigenvalue weighted by molar-refractivity contribution is 5.77. The number of likely N-dealkylation sites (tertiary alicyclic amines) is 1. The SMILES string of the molecule is Cc1ccc(OCC(=O)N2CCC(n3nc(C4CC4)ccc3=O)CC2)cc1C. The van der Waals surface area contributed by atoms with E-state index in [1.807, 2.05) is 36.1 Å². The number of rotatable bonds is 5. The predicted octanol–water partition coefficient (Wildman–Crippen LogP) is 2.98. The van der Waals surface area contributed by atoms with Gasteiger partial charge in [0.1, 0.15) is 5.75 Å². The first-order valence-electron chi connectivity index (χ1n) is 10.1.